The van der Waals surface area contributed by atoms with Crippen LogP contribution in [0.3, 0.4) is 0 Å². The fourth-order valence-electron chi connectivity index (χ4n) is 7.58. The second-order valence-electron chi connectivity index (χ2n) is 11.7. The van der Waals surface area contributed by atoms with Crippen LogP contribution < -0.4 is 16.2 Å². The zero-order valence-corrected chi connectivity index (χ0v) is 24.7. The smallest absolute Gasteiger partial charge is 0.198 e. The maximum Gasteiger partial charge on any atom is 0.198 e. The highest BCUT2D eigenvalue weighted by atomic mass is 32.1. The lowest BCUT2D eigenvalue weighted by Gasteiger charge is -2.25. The Morgan fingerprint density at radius 3 is 2.16 bits per heavy atom. The summed E-state index contributed by atoms with van der Waals surface area (Å²) in [4.78, 5) is 0. The number of aromatic nitrogens is 1. The first-order valence-corrected chi connectivity index (χ1v) is 16.0. The molecule has 9 aromatic rings. The van der Waals surface area contributed by atoms with E-state index in [0.29, 0.717) is 0 Å². The molecule has 7 aromatic carbocycles. The number of hydrogen-bond acceptors (Lipinski definition) is 2. The highest BCUT2D eigenvalue weighted by Crippen LogP contribution is 2.47. The lowest BCUT2D eigenvalue weighted by atomic mass is 9.58. The molecule has 0 unspecified atom stereocenters. The van der Waals surface area contributed by atoms with Crippen molar-refractivity contribution in [1.82, 2.24) is 4.57 Å². The number of hydrogen-bond donors (Lipinski definition) is 1. The van der Waals surface area contributed by atoms with Crippen LogP contribution in [-0.4, -0.2) is 11.8 Å². The molecule has 2 aromatic heterocycles. The van der Waals surface area contributed by atoms with Gasteiger partial charge in [-0.25, -0.2) is 0 Å². The summed E-state index contributed by atoms with van der Waals surface area (Å²) in [6, 6.07) is 51.0. The summed E-state index contributed by atoms with van der Waals surface area (Å²) in [5.74, 6) is 0. The second-order valence-corrected chi connectivity index (χ2v) is 12.8. The average Bonchev–Trinajstić information content (AvgIpc) is 3.64. The molecule has 3 heterocycles. The first kappa shape index (κ1) is 24.2. The lowest BCUT2D eigenvalue weighted by molar-refractivity contribution is 1.19. The van der Waals surface area contributed by atoms with Crippen LogP contribution in [-0.2, 0) is 0 Å². The van der Waals surface area contributed by atoms with Gasteiger partial charge in [-0.3, -0.25) is 0 Å². The standard InChI is InChI=1S/C40H25BN2S/c1-2-12-24(13-3-1)42-38-30(23-22-28-25-14-7-11-21-34(25)44-40(28)38)35-26-15-4-5-16-27(26)36-29-17-6-9-19-32(29)43-33-20-10-8-18-31(33)41-37(35)39(36)43/h1-23,41-42H. The number of anilines is 2. The van der Waals surface area contributed by atoms with Gasteiger partial charge in [0.25, 0.3) is 0 Å². The lowest BCUT2D eigenvalue weighted by Crippen LogP contribution is -2.37. The molecule has 44 heavy (non-hydrogen) atoms. The number of benzene rings is 7. The van der Waals surface area contributed by atoms with Crippen LogP contribution in [0.5, 0.6) is 0 Å². The molecule has 204 valence electrons. The third-order valence-electron chi connectivity index (χ3n) is 9.39. The number of nitrogens with zero attached hydrogens (tertiary/aromatic N) is 1. The van der Waals surface area contributed by atoms with Gasteiger partial charge < -0.3 is 9.88 Å². The van der Waals surface area contributed by atoms with Gasteiger partial charge in [0.15, 0.2) is 7.28 Å². The molecule has 10 rings (SSSR count). The number of thiophene rings is 1. The van der Waals surface area contributed by atoms with Gasteiger partial charge in [0.1, 0.15) is 0 Å². The third-order valence-corrected chi connectivity index (χ3v) is 10.6. The van der Waals surface area contributed by atoms with E-state index >= 15 is 0 Å². The molecule has 0 radical (unpaired) electrons. The summed E-state index contributed by atoms with van der Waals surface area (Å²) in [5, 5.41) is 11.8. The van der Waals surface area contributed by atoms with Crippen molar-refractivity contribution in [3.63, 3.8) is 0 Å². The van der Waals surface area contributed by atoms with Crippen LogP contribution in [0.25, 0.3) is 69.6 Å². The molecule has 1 aliphatic heterocycles. The number of para-hydroxylation sites is 3. The highest BCUT2D eigenvalue weighted by Gasteiger charge is 2.29. The van der Waals surface area contributed by atoms with Crippen LogP contribution in [0.1, 0.15) is 0 Å². The fourth-order valence-corrected chi connectivity index (χ4v) is 8.79. The van der Waals surface area contributed by atoms with Crippen LogP contribution in [0.15, 0.2) is 140 Å². The Labute approximate surface area is 259 Å². The van der Waals surface area contributed by atoms with Crippen molar-refractivity contribution in [3.05, 3.63) is 140 Å². The number of nitrogens with one attached hydrogen (secondary N) is 1. The largest absolute Gasteiger partial charge is 0.354 e. The Balaban J connectivity index is 1.41. The molecule has 0 aliphatic carbocycles. The maximum atomic E-state index is 3.92. The van der Waals surface area contributed by atoms with Crippen molar-refractivity contribution in [3.8, 4) is 16.8 Å². The Hall–Kier alpha value is -5.32. The van der Waals surface area contributed by atoms with Crippen molar-refractivity contribution < 1.29 is 0 Å². The van der Waals surface area contributed by atoms with Crippen LogP contribution in [0, 0.1) is 0 Å². The van der Waals surface area contributed by atoms with E-state index in [0.717, 1.165) is 13.0 Å². The van der Waals surface area contributed by atoms with Gasteiger partial charge >= 0.3 is 0 Å². The minimum Gasteiger partial charge on any atom is -0.354 e. The summed E-state index contributed by atoms with van der Waals surface area (Å²) in [6.45, 7) is 0. The van der Waals surface area contributed by atoms with Gasteiger partial charge in [0.2, 0.25) is 0 Å². The van der Waals surface area contributed by atoms with Crippen LogP contribution in [0.4, 0.5) is 11.4 Å². The van der Waals surface area contributed by atoms with Crippen molar-refractivity contribution in [2.75, 3.05) is 5.32 Å². The SMILES string of the molecule is B1c2ccccc2-n2c3ccccc3c3c4ccccc4c(-c4ccc5c(sc6ccccc65)c4Nc4ccccc4)c1c32. The Bertz CT molecular complexity index is 2610. The minimum atomic E-state index is 0.887. The van der Waals surface area contributed by atoms with Crippen LogP contribution in [0.2, 0.25) is 0 Å². The molecule has 0 saturated carbocycles. The topological polar surface area (TPSA) is 17.0 Å². The fraction of sp³-hybridized carbons (Fsp3) is 0. The van der Waals surface area contributed by atoms with Gasteiger partial charge in [-0.05, 0) is 52.1 Å². The Morgan fingerprint density at radius 1 is 0.568 bits per heavy atom. The first-order valence-electron chi connectivity index (χ1n) is 15.2. The molecule has 1 aliphatic rings. The molecule has 0 saturated heterocycles. The van der Waals surface area contributed by atoms with E-state index < -0.39 is 0 Å². The summed E-state index contributed by atoms with van der Waals surface area (Å²) in [5.41, 5.74) is 11.5. The molecular weight excluding hydrogens is 551 g/mol. The average molecular weight is 577 g/mol. The second kappa shape index (κ2) is 9.09. The highest BCUT2D eigenvalue weighted by molar-refractivity contribution is 7.26. The number of fused-ring (bicyclic) bond motifs is 10. The van der Waals surface area contributed by atoms with E-state index in [-0.39, 0.29) is 0 Å². The number of rotatable bonds is 3. The zero-order valence-electron chi connectivity index (χ0n) is 23.8. The van der Waals surface area contributed by atoms with Gasteiger partial charge in [-0.2, -0.15) is 0 Å². The van der Waals surface area contributed by atoms with Crippen LogP contribution >= 0.6 is 11.3 Å². The summed E-state index contributed by atoms with van der Waals surface area (Å²) in [7, 11) is 0.887. The monoisotopic (exact) mass is 576 g/mol. The molecule has 4 heteroatoms. The van der Waals surface area contributed by atoms with E-state index in [1.54, 1.807) is 0 Å². The van der Waals surface area contributed by atoms with E-state index in [1.807, 2.05) is 11.3 Å². The molecule has 0 spiro atoms. The predicted octanol–water partition coefficient (Wildman–Crippen LogP) is 9.42. The quantitative estimate of drug-likeness (QED) is 0.207. The predicted molar refractivity (Wildman–Crippen MR) is 193 cm³/mol. The maximum absolute atomic E-state index is 3.92. The van der Waals surface area contributed by atoms with E-state index in [1.165, 1.54) is 86.2 Å². The van der Waals surface area contributed by atoms with Crippen molar-refractivity contribution >= 4 is 93.7 Å². The summed E-state index contributed by atoms with van der Waals surface area (Å²) >= 11 is 1.88. The van der Waals surface area contributed by atoms with E-state index in [4.69, 9.17) is 0 Å². The molecule has 1 N–H and O–H groups in total. The molecular formula is C40H25BN2S. The normalized spacial score (nSPS) is 12.3. The first-order chi connectivity index (χ1) is 21.8. The zero-order chi connectivity index (χ0) is 28.8. The van der Waals surface area contributed by atoms with Gasteiger partial charge in [0.05, 0.1) is 15.9 Å². The Morgan fingerprint density at radius 2 is 1.27 bits per heavy atom. The van der Waals surface area contributed by atoms with E-state index in [2.05, 4.69) is 149 Å². The molecule has 0 atom stereocenters. The minimum absolute atomic E-state index is 0.887. The van der Waals surface area contributed by atoms with Gasteiger partial charge in [0, 0.05) is 48.7 Å². The molecule has 0 fully saturated rings. The van der Waals surface area contributed by atoms with Crippen molar-refractivity contribution in [2.45, 2.75) is 0 Å². The molecule has 2 nitrogen and oxygen atoms in total. The third kappa shape index (κ3) is 3.26. The van der Waals surface area contributed by atoms with Crippen molar-refractivity contribution in [1.29, 1.82) is 0 Å². The van der Waals surface area contributed by atoms with Gasteiger partial charge in [-0.1, -0.05) is 115 Å². The van der Waals surface area contributed by atoms with Gasteiger partial charge in [-0.15, -0.1) is 11.3 Å². The Kier molecular flexibility index (Phi) is 4.99. The summed E-state index contributed by atoms with van der Waals surface area (Å²) in [6.07, 6.45) is 0. The molecule has 0 bridgehead atoms. The van der Waals surface area contributed by atoms with E-state index in [9.17, 15) is 0 Å². The summed E-state index contributed by atoms with van der Waals surface area (Å²) < 4.78 is 5.13. The molecule has 0 amide bonds. The van der Waals surface area contributed by atoms with Crippen molar-refractivity contribution in [2.24, 2.45) is 0 Å².